The third-order valence-corrected chi connectivity index (χ3v) is 10.1. The molecular weight excluding hydrogens is 571 g/mol. The second-order valence-electron chi connectivity index (χ2n) is 13.1. The summed E-state index contributed by atoms with van der Waals surface area (Å²) in [7, 11) is 0. The third kappa shape index (κ3) is 4.10. The monoisotopic (exact) mass is 605 g/mol. The summed E-state index contributed by atoms with van der Waals surface area (Å²) in [5, 5.41) is 5.04. The van der Waals surface area contributed by atoms with Crippen LogP contribution in [-0.2, 0) is 12.0 Å². The van der Waals surface area contributed by atoms with E-state index in [2.05, 4.69) is 175 Å². The number of anilines is 3. The molecule has 0 saturated carbocycles. The lowest BCUT2D eigenvalue weighted by Gasteiger charge is -2.42. The summed E-state index contributed by atoms with van der Waals surface area (Å²) in [5.74, 6) is 0. The molecule has 0 unspecified atom stereocenters. The van der Waals surface area contributed by atoms with Gasteiger partial charge in [-0.3, -0.25) is 0 Å². The van der Waals surface area contributed by atoms with E-state index in [9.17, 15) is 0 Å². The zero-order valence-corrected chi connectivity index (χ0v) is 26.6. The molecule has 7 aromatic carbocycles. The van der Waals surface area contributed by atoms with Gasteiger partial charge in [-0.1, -0.05) is 117 Å². The summed E-state index contributed by atoms with van der Waals surface area (Å²) in [6.07, 6.45) is 0. The Kier molecular flexibility index (Phi) is 6.15. The molecule has 0 saturated heterocycles. The van der Waals surface area contributed by atoms with Crippen LogP contribution in [0.15, 0.2) is 152 Å². The zero-order valence-electron chi connectivity index (χ0n) is 26.6. The maximum atomic E-state index is 6.16. The van der Waals surface area contributed by atoms with E-state index in [0.29, 0.717) is 6.54 Å². The average molecular weight is 606 g/mol. The predicted octanol–water partition coefficient (Wildman–Crippen LogP) is 11.2. The lowest BCUT2D eigenvalue weighted by Crippen LogP contribution is -2.30. The van der Waals surface area contributed by atoms with Crippen LogP contribution in [0.25, 0.3) is 49.4 Å². The van der Waals surface area contributed by atoms with Crippen LogP contribution in [0.1, 0.15) is 30.5 Å². The first-order valence-corrected chi connectivity index (χ1v) is 16.4. The molecular formula is C44H35N3. The van der Waals surface area contributed by atoms with Crippen LogP contribution in [0.2, 0.25) is 0 Å². The molecule has 1 aromatic heterocycles. The Morgan fingerprint density at radius 1 is 0.574 bits per heavy atom. The number of rotatable bonds is 4. The van der Waals surface area contributed by atoms with Crippen molar-refractivity contribution in [3.8, 4) is 16.8 Å². The second-order valence-corrected chi connectivity index (χ2v) is 13.1. The van der Waals surface area contributed by atoms with Gasteiger partial charge in [-0.25, -0.2) is 0 Å². The standard InChI is InChI=1S/C44H35N3/c1-44(2)37-20-8-9-21-39(37)46(32-14-4-3-5-15-32)40-24-23-31(27-38(40)44)35-18-11-19-36-42-34-17-7-6-13-30(34)22-25-41(42)47(43(35)36)33-16-10-12-29(26-33)28-45/h3-27H,28,45H2,1-2H3. The lowest BCUT2D eigenvalue weighted by atomic mass is 9.73. The smallest absolute Gasteiger partial charge is 0.0619 e. The maximum absolute atomic E-state index is 6.16. The number of hydrogen-bond donors (Lipinski definition) is 1. The van der Waals surface area contributed by atoms with Gasteiger partial charge in [-0.15, -0.1) is 0 Å². The van der Waals surface area contributed by atoms with Gasteiger partial charge in [0, 0.05) is 39.7 Å². The van der Waals surface area contributed by atoms with Crippen LogP contribution >= 0.6 is 0 Å². The number of para-hydroxylation sites is 3. The van der Waals surface area contributed by atoms with Gasteiger partial charge in [0.1, 0.15) is 0 Å². The van der Waals surface area contributed by atoms with Crippen LogP contribution in [-0.4, -0.2) is 4.57 Å². The number of nitrogens with zero attached hydrogens (tertiary/aromatic N) is 2. The van der Waals surface area contributed by atoms with E-state index in [1.807, 2.05) is 0 Å². The van der Waals surface area contributed by atoms with E-state index >= 15 is 0 Å². The Bertz CT molecular complexity index is 2490. The van der Waals surface area contributed by atoms with Crippen molar-refractivity contribution < 1.29 is 0 Å². The number of fused-ring (bicyclic) bond motifs is 7. The van der Waals surface area contributed by atoms with Crippen molar-refractivity contribution in [2.75, 3.05) is 4.90 Å². The molecule has 3 nitrogen and oxygen atoms in total. The fourth-order valence-corrected chi connectivity index (χ4v) is 7.89. The summed E-state index contributed by atoms with van der Waals surface area (Å²) in [6.45, 7) is 5.22. The summed E-state index contributed by atoms with van der Waals surface area (Å²) in [4.78, 5) is 2.42. The first kappa shape index (κ1) is 27.7. The molecule has 226 valence electrons. The molecule has 9 rings (SSSR count). The number of nitrogens with two attached hydrogens (primary N) is 1. The highest BCUT2D eigenvalue weighted by Gasteiger charge is 2.37. The molecule has 8 aromatic rings. The summed E-state index contributed by atoms with van der Waals surface area (Å²) in [5.41, 5.74) is 19.3. The maximum Gasteiger partial charge on any atom is 0.0619 e. The van der Waals surface area contributed by atoms with E-state index in [0.717, 1.165) is 11.3 Å². The van der Waals surface area contributed by atoms with E-state index in [4.69, 9.17) is 5.73 Å². The van der Waals surface area contributed by atoms with Crippen LogP contribution in [0, 0.1) is 0 Å². The Labute approximate surface area is 275 Å². The van der Waals surface area contributed by atoms with Crippen molar-refractivity contribution >= 4 is 49.6 Å². The molecule has 2 heterocycles. The van der Waals surface area contributed by atoms with Crippen molar-refractivity contribution in [2.24, 2.45) is 5.73 Å². The molecule has 1 aliphatic rings. The Morgan fingerprint density at radius 3 is 2.17 bits per heavy atom. The van der Waals surface area contributed by atoms with Crippen LogP contribution in [0.4, 0.5) is 17.1 Å². The highest BCUT2D eigenvalue weighted by Crippen LogP contribution is 2.53. The normalized spacial score (nSPS) is 13.6. The Morgan fingerprint density at radius 2 is 1.30 bits per heavy atom. The van der Waals surface area contributed by atoms with Crippen LogP contribution in [0.3, 0.4) is 0 Å². The minimum atomic E-state index is -0.195. The van der Waals surface area contributed by atoms with Gasteiger partial charge >= 0.3 is 0 Å². The fourth-order valence-electron chi connectivity index (χ4n) is 7.89. The molecule has 1 aliphatic heterocycles. The molecule has 0 atom stereocenters. The molecule has 0 bridgehead atoms. The quantitative estimate of drug-likeness (QED) is 0.217. The van der Waals surface area contributed by atoms with E-state index < -0.39 is 0 Å². The molecule has 2 N–H and O–H groups in total. The first-order valence-electron chi connectivity index (χ1n) is 16.4. The molecule has 0 spiro atoms. The summed E-state index contributed by atoms with van der Waals surface area (Å²) in [6, 6.07) is 55.3. The first-order chi connectivity index (χ1) is 23.0. The summed E-state index contributed by atoms with van der Waals surface area (Å²) >= 11 is 0. The average Bonchev–Trinajstić information content (AvgIpc) is 3.47. The van der Waals surface area contributed by atoms with Gasteiger partial charge in [0.05, 0.1) is 22.4 Å². The van der Waals surface area contributed by atoms with E-state index in [1.54, 1.807) is 0 Å². The summed E-state index contributed by atoms with van der Waals surface area (Å²) < 4.78 is 2.45. The highest BCUT2D eigenvalue weighted by atomic mass is 15.2. The third-order valence-electron chi connectivity index (χ3n) is 10.1. The molecule has 47 heavy (non-hydrogen) atoms. The van der Waals surface area contributed by atoms with Gasteiger partial charge in [0.2, 0.25) is 0 Å². The highest BCUT2D eigenvalue weighted by molar-refractivity contribution is 6.23. The SMILES string of the molecule is CC1(C)c2ccccc2N(c2ccccc2)c2ccc(-c3cccc4c5c6ccccc6ccc5n(-c5cccc(CN)c5)c34)cc21. The Hall–Kier alpha value is -5.64. The van der Waals surface area contributed by atoms with E-state index in [-0.39, 0.29) is 5.41 Å². The van der Waals surface area contributed by atoms with E-state index in [1.165, 1.54) is 71.9 Å². The fraction of sp³-hybridized carbons (Fsp3) is 0.0909. The van der Waals surface area contributed by atoms with Gasteiger partial charge < -0.3 is 15.2 Å². The van der Waals surface area contributed by atoms with Gasteiger partial charge in [0.15, 0.2) is 0 Å². The Balaban J connectivity index is 1.35. The van der Waals surface area contributed by atoms with Crippen molar-refractivity contribution in [1.82, 2.24) is 4.57 Å². The number of hydrogen-bond acceptors (Lipinski definition) is 2. The van der Waals surface area contributed by atoms with Crippen molar-refractivity contribution in [3.05, 3.63) is 168 Å². The molecule has 0 amide bonds. The molecule has 0 aliphatic carbocycles. The number of aromatic nitrogens is 1. The minimum absolute atomic E-state index is 0.195. The topological polar surface area (TPSA) is 34.2 Å². The largest absolute Gasteiger partial charge is 0.326 e. The van der Waals surface area contributed by atoms with Crippen molar-refractivity contribution in [3.63, 3.8) is 0 Å². The molecule has 3 heteroatoms. The molecule has 0 radical (unpaired) electrons. The predicted molar refractivity (Wildman–Crippen MR) is 198 cm³/mol. The van der Waals surface area contributed by atoms with Crippen LogP contribution in [0.5, 0.6) is 0 Å². The minimum Gasteiger partial charge on any atom is -0.326 e. The zero-order chi connectivity index (χ0) is 31.7. The number of benzene rings is 7. The second kappa shape index (κ2) is 10.4. The van der Waals surface area contributed by atoms with Crippen molar-refractivity contribution in [1.29, 1.82) is 0 Å². The van der Waals surface area contributed by atoms with Gasteiger partial charge in [-0.2, -0.15) is 0 Å². The van der Waals surface area contributed by atoms with Gasteiger partial charge in [-0.05, 0) is 81.6 Å². The molecule has 0 fully saturated rings. The lowest BCUT2D eigenvalue weighted by molar-refractivity contribution is 0.632. The van der Waals surface area contributed by atoms with Crippen molar-refractivity contribution in [2.45, 2.75) is 25.8 Å². The van der Waals surface area contributed by atoms with Crippen LogP contribution < -0.4 is 10.6 Å². The van der Waals surface area contributed by atoms with Gasteiger partial charge in [0.25, 0.3) is 0 Å².